The van der Waals surface area contributed by atoms with Gasteiger partial charge < -0.3 is 18.6 Å². The van der Waals surface area contributed by atoms with Gasteiger partial charge in [-0.1, -0.05) is 12.1 Å². The normalized spacial score (nSPS) is 16.1. The molecule has 0 spiro atoms. The molecular formula is C29H29N5O3. The number of carbonyl (C=O) groups excluding carboxylic acids is 1. The fourth-order valence-corrected chi connectivity index (χ4v) is 5.02. The molecule has 6 rings (SSSR count). The zero-order chi connectivity index (χ0) is 25.5. The molecule has 2 aromatic heterocycles. The highest BCUT2D eigenvalue weighted by atomic mass is 16.6. The zero-order valence-corrected chi connectivity index (χ0v) is 21.0. The summed E-state index contributed by atoms with van der Waals surface area (Å²) in [4.78, 5) is 16.5. The van der Waals surface area contributed by atoms with E-state index in [4.69, 9.17) is 9.47 Å². The number of hydrogen-bond donors (Lipinski definition) is 1. The van der Waals surface area contributed by atoms with Crippen LogP contribution >= 0.6 is 0 Å². The van der Waals surface area contributed by atoms with Crippen LogP contribution in [0.1, 0.15) is 50.6 Å². The third-order valence-electron chi connectivity index (χ3n) is 7.50. The van der Waals surface area contributed by atoms with Crippen LogP contribution in [-0.4, -0.2) is 26.3 Å². The molecular weight excluding hydrogens is 466 g/mol. The number of aromatic nitrogens is 3. The second-order valence-electron chi connectivity index (χ2n) is 10.0. The van der Waals surface area contributed by atoms with Gasteiger partial charge in [-0.05, 0) is 74.8 Å². The Morgan fingerprint density at radius 2 is 1.95 bits per heavy atom. The smallest absolute Gasteiger partial charge is 0.411 e. The van der Waals surface area contributed by atoms with E-state index in [0.717, 1.165) is 47.8 Å². The molecule has 1 atom stereocenters. The predicted molar refractivity (Wildman–Crippen MR) is 141 cm³/mol. The van der Waals surface area contributed by atoms with Crippen molar-refractivity contribution in [3.05, 3.63) is 60.4 Å². The van der Waals surface area contributed by atoms with Gasteiger partial charge in [0.05, 0.1) is 16.8 Å². The minimum atomic E-state index is -0.436. The summed E-state index contributed by atoms with van der Waals surface area (Å²) in [5.41, 5.74) is 4.10. The number of hydrogen-bond acceptors (Lipinski definition) is 5. The number of nitriles is 1. The van der Waals surface area contributed by atoms with E-state index >= 15 is 0 Å². The lowest BCUT2D eigenvalue weighted by molar-refractivity contribution is 0.108. The quantitative estimate of drug-likeness (QED) is 0.305. The second kappa shape index (κ2) is 9.32. The van der Waals surface area contributed by atoms with E-state index in [1.54, 1.807) is 6.20 Å². The molecule has 1 N–H and O–H groups in total. The highest BCUT2D eigenvalue weighted by molar-refractivity contribution is 5.96. The van der Waals surface area contributed by atoms with Gasteiger partial charge in [0.2, 0.25) is 0 Å². The molecule has 4 aromatic rings. The molecule has 2 fully saturated rings. The molecule has 1 unspecified atom stereocenters. The van der Waals surface area contributed by atoms with Crippen molar-refractivity contribution in [2.24, 2.45) is 13.0 Å². The SMILES string of the molecule is CC(OC(=O)Nc1ccc(-c2c(C#N)c3ccc(Oc4nccn4C)cc3n2C2CCC2)cc1)C1CC1. The van der Waals surface area contributed by atoms with Crippen LogP contribution in [0, 0.1) is 17.2 Å². The molecule has 2 aliphatic rings. The van der Waals surface area contributed by atoms with Crippen molar-refractivity contribution in [2.45, 2.75) is 51.2 Å². The van der Waals surface area contributed by atoms with Crippen molar-refractivity contribution in [3.8, 4) is 29.1 Å². The lowest BCUT2D eigenvalue weighted by Gasteiger charge is -2.30. The van der Waals surface area contributed by atoms with Gasteiger partial charge in [-0.15, -0.1) is 0 Å². The Balaban J connectivity index is 1.34. The predicted octanol–water partition coefficient (Wildman–Crippen LogP) is 6.78. The van der Waals surface area contributed by atoms with E-state index in [1.165, 1.54) is 6.42 Å². The first kappa shape index (κ1) is 23.2. The van der Waals surface area contributed by atoms with Crippen molar-refractivity contribution < 1.29 is 14.3 Å². The lowest BCUT2D eigenvalue weighted by Crippen LogP contribution is -2.21. The molecule has 37 heavy (non-hydrogen) atoms. The maximum Gasteiger partial charge on any atom is 0.411 e. The Hall–Kier alpha value is -4.25. The van der Waals surface area contributed by atoms with Crippen molar-refractivity contribution in [1.82, 2.24) is 14.1 Å². The number of anilines is 1. The van der Waals surface area contributed by atoms with E-state index < -0.39 is 6.09 Å². The number of aryl methyl sites for hydroxylation is 1. The van der Waals surface area contributed by atoms with Crippen LogP contribution in [0.4, 0.5) is 10.5 Å². The van der Waals surface area contributed by atoms with Gasteiger partial charge in [-0.25, -0.2) is 9.78 Å². The van der Waals surface area contributed by atoms with Crippen LogP contribution in [-0.2, 0) is 11.8 Å². The number of nitrogens with zero attached hydrogens (tertiary/aromatic N) is 4. The molecule has 1 amide bonds. The standard InChI is InChI=1S/C29H29N5O3/c1-18(19-6-7-19)36-29(35)32-21-10-8-20(9-11-21)27-25(17-30)24-13-12-23(37-28-31-14-15-33(28)2)16-26(24)34(27)22-4-3-5-22/h8-16,18-19,22H,3-7H2,1-2H3,(H,32,35). The number of benzene rings is 2. The van der Waals surface area contributed by atoms with E-state index in [1.807, 2.05) is 67.2 Å². The third kappa shape index (κ3) is 4.42. The summed E-state index contributed by atoms with van der Waals surface area (Å²) in [6.07, 6.45) is 8.57. The average Bonchev–Trinajstić information content (AvgIpc) is 3.57. The first-order valence-corrected chi connectivity index (χ1v) is 12.8. The highest BCUT2D eigenvalue weighted by Gasteiger charge is 2.31. The van der Waals surface area contributed by atoms with E-state index in [0.29, 0.717) is 35.0 Å². The zero-order valence-electron chi connectivity index (χ0n) is 21.0. The first-order valence-electron chi connectivity index (χ1n) is 12.8. The molecule has 2 saturated carbocycles. The van der Waals surface area contributed by atoms with E-state index in [2.05, 4.69) is 20.9 Å². The molecule has 8 nitrogen and oxygen atoms in total. The number of fused-ring (bicyclic) bond motifs is 1. The average molecular weight is 496 g/mol. The van der Waals surface area contributed by atoms with Crippen molar-refractivity contribution in [3.63, 3.8) is 0 Å². The highest BCUT2D eigenvalue weighted by Crippen LogP contribution is 2.43. The van der Waals surface area contributed by atoms with Gasteiger partial charge in [0.15, 0.2) is 0 Å². The fraction of sp³-hybridized carbons (Fsp3) is 0.345. The van der Waals surface area contributed by atoms with Gasteiger partial charge in [-0.2, -0.15) is 5.26 Å². The van der Waals surface area contributed by atoms with Gasteiger partial charge in [-0.3, -0.25) is 5.32 Å². The van der Waals surface area contributed by atoms with Crippen LogP contribution in [0.3, 0.4) is 0 Å². The summed E-state index contributed by atoms with van der Waals surface area (Å²) in [6.45, 7) is 1.94. The Morgan fingerprint density at radius 3 is 2.57 bits per heavy atom. The fourth-order valence-electron chi connectivity index (χ4n) is 5.02. The number of amides is 1. The topological polar surface area (TPSA) is 94.1 Å². The van der Waals surface area contributed by atoms with Gasteiger partial charge in [0.25, 0.3) is 0 Å². The van der Waals surface area contributed by atoms with Gasteiger partial charge in [0, 0.05) is 42.6 Å². The largest absolute Gasteiger partial charge is 0.446 e. The molecule has 0 bridgehead atoms. The molecule has 0 radical (unpaired) electrons. The molecule has 2 aliphatic carbocycles. The van der Waals surface area contributed by atoms with Crippen molar-refractivity contribution in [2.75, 3.05) is 5.32 Å². The third-order valence-corrected chi connectivity index (χ3v) is 7.50. The Morgan fingerprint density at radius 1 is 1.16 bits per heavy atom. The number of rotatable bonds is 7. The molecule has 0 saturated heterocycles. The maximum atomic E-state index is 12.3. The minimum Gasteiger partial charge on any atom is -0.446 e. The summed E-state index contributed by atoms with van der Waals surface area (Å²) in [6, 6.07) is 16.7. The van der Waals surface area contributed by atoms with Crippen LogP contribution in [0.25, 0.3) is 22.2 Å². The molecule has 2 aromatic carbocycles. The van der Waals surface area contributed by atoms with Crippen molar-refractivity contribution >= 4 is 22.7 Å². The number of imidazole rings is 1. The summed E-state index contributed by atoms with van der Waals surface area (Å²) >= 11 is 0. The monoisotopic (exact) mass is 495 g/mol. The van der Waals surface area contributed by atoms with Crippen LogP contribution in [0.15, 0.2) is 54.9 Å². The summed E-state index contributed by atoms with van der Waals surface area (Å²) in [5, 5.41) is 13.9. The van der Waals surface area contributed by atoms with E-state index in [-0.39, 0.29) is 6.10 Å². The van der Waals surface area contributed by atoms with Gasteiger partial charge >= 0.3 is 12.1 Å². The summed E-state index contributed by atoms with van der Waals surface area (Å²) < 4.78 is 15.6. The second-order valence-corrected chi connectivity index (χ2v) is 10.0. The van der Waals surface area contributed by atoms with Gasteiger partial charge in [0.1, 0.15) is 17.9 Å². The molecule has 0 aliphatic heterocycles. The number of nitrogens with one attached hydrogen (secondary N) is 1. The summed E-state index contributed by atoms with van der Waals surface area (Å²) in [7, 11) is 1.88. The molecule has 188 valence electrons. The van der Waals surface area contributed by atoms with Crippen LogP contribution in [0.5, 0.6) is 11.8 Å². The molecule has 2 heterocycles. The molecule has 8 heteroatoms. The lowest BCUT2D eigenvalue weighted by atomic mass is 9.92. The Labute approximate surface area is 215 Å². The first-order chi connectivity index (χ1) is 18.0. The number of ether oxygens (including phenoxy) is 2. The number of carbonyl (C=O) groups is 1. The van der Waals surface area contributed by atoms with Crippen LogP contribution in [0.2, 0.25) is 0 Å². The van der Waals surface area contributed by atoms with Crippen LogP contribution < -0.4 is 10.1 Å². The summed E-state index contributed by atoms with van der Waals surface area (Å²) in [5.74, 6) is 1.16. The minimum absolute atomic E-state index is 0.0677. The Bertz CT molecular complexity index is 1500. The van der Waals surface area contributed by atoms with E-state index in [9.17, 15) is 10.1 Å². The van der Waals surface area contributed by atoms with Crippen molar-refractivity contribution in [1.29, 1.82) is 5.26 Å². The Kier molecular flexibility index (Phi) is 5.84. The maximum absolute atomic E-state index is 12.3.